The van der Waals surface area contributed by atoms with Crippen LogP contribution in [0.5, 0.6) is 0 Å². The number of carbonyl (C=O) groups is 1. The zero-order valence-electron chi connectivity index (χ0n) is 16.7. The first-order chi connectivity index (χ1) is 14.8. The van der Waals surface area contributed by atoms with E-state index in [-0.39, 0.29) is 6.03 Å². The molecule has 0 unspecified atom stereocenters. The van der Waals surface area contributed by atoms with Crippen molar-refractivity contribution in [3.8, 4) is 5.69 Å². The second kappa shape index (κ2) is 9.56. The highest BCUT2D eigenvalue weighted by Gasteiger charge is 2.08. The summed E-state index contributed by atoms with van der Waals surface area (Å²) in [6, 6.07) is 29.9. The van der Waals surface area contributed by atoms with Crippen molar-refractivity contribution < 1.29 is 4.79 Å². The Morgan fingerprint density at radius 1 is 0.833 bits per heavy atom. The quantitative estimate of drug-likeness (QED) is 0.470. The molecule has 0 aliphatic carbocycles. The first-order valence-corrected chi connectivity index (χ1v) is 10.0. The van der Waals surface area contributed by atoms with Crippen molar-refractivity contribution in [3.63, 3.8) is 0 Å². The Morgan fingerprint density at radius 2 is 1.53 bits per heavy atom. The molecule has 0 bridgehead atoms. The summed E-state index contributed by atoms with van der Waals surface area (Å²) in [6.45, 7) is 0.512. The third-order valence-electron chi connectivity index (χ3n) is 4.83. The monoisotopic (exact) mass is 396 g/mol. The number of urea groups is 1. The molecule has 5 nitrogen and oxygen atoms in total. The van der Waals surface area contributed by atoms with E-state index in [9.17, 15) is 4.79 Å². The number of carbonyl (C=O) groups excluding carboxylic acids is 1. The molecule has 1 heterocycles. The number of aromatic nitrogens is 2. The van der Waals surface area contributed by atoms with E-state index in [1.54, 1.807) is 0 Å². The van der Waals surface area contributed by atoms with Gasteiger partial charge in [0.05, 0.1) is 11.4 Å². The van der Waals surface area contributed by atoms with Crippen LogP contribution in [0.3, 0.4) is 0 Å². The van der Waals surface area contributed by atoms with Crippen LogP contribution in [0.2, 0.25) is 0 Å². The summed E-state index contributed by atoms with van der Waals surface area (Å²) in [5.41, 5.74) is 5.07. The highest BCUT2D eigenvalue weighted by atomic mass is 16.2. The third-order valence-corrected chi connectivity index (χ3v) is 4.83. The molecular formula is C25H24N4O. The summed E-state index contributed by atoms with van der Waals surface area (Å²) < 4.78 is 1.84. The molecular weight excluding hydrogens is 372 g/mol. The summed E-state index contributed by atoms with van der Waals surface area (Å²) in [4.78, 5) is 12.4. The first kappa shape index (κ1) is 19.5. The van der Waals surface area contributed by atoms with Crippen LogP contribution in [0.25, 0.3) is 5.69 Å². The van der Waals surface area contributed by atoms with Crippen molar-refractivity contribution in [2.24, 2.45) is 0 Å². The average molecular weight is 396 g/mol. The van der Waals surface area contributed by atoms with Gasteiger partial charge in [-0.25, -0.2) is 9.48 Å². The molecule has 0 aliphatic heterocycles. The number of hydrogen-bond donors (Lipinski definition) is 2. The number of benzene rings is 3. The standard InChI is InChI=1S/C25H24N4O/c30-25(26-17-15-22-16-18-29(28-22)23-12-5-2-6-13-23)27-24-14-8-7-11-21(24)19-20-9-3-1-4-10-20/h1-14,16,18H,15,17,19H2,(H2,26,27,30). The maximum Gasteiger partial charge on any atom is 0.319 e. The van der Waals surface area contributed by atoms with Crippen LogP contribution < -0.4 is 10.6 Å². The molecule has 30 heavy (non-hydrogen) atoms. The van der Waals surface area contributed by atoms with E-state index in [1.807, 2.05) is 89.7 Å². The Bertz CT molecular complexity index is 1090. The van der Waals surface area contributed by atoms with Gasteiger partial charge in [0.15, 0.2) is 0 Å². The van der Waals surface area contributed by atoms with Crippen molar-refractivity contribution in [1.29, 1.82) is 0 Å². The number of nitrogens with zero attached hydrogens (tertiary/aromatic N) is 2. The van der Waals surface area contributed by atoms with Gasteiger partial charge in [0.2, 0.25) is 0 Å². The molecule has 0 spiro atoms. The largest absolute Gasteiger partial charge is 0.337 e. The Hall–Kier alpha value is -3.86. The summed E-state index contributed by atoms with van der Waals surface area (Å²) >= 11 is 0. The van der Waals surface area contributed by atoms with E-state index < -0.39 is 0 Å². The molecule has 5 heteroatoms. The summed E-state index contributed by atoms with van der Waals surface area (Å²) in [7, 11) is 0. The van der Waals surface area contributed by atoms with Crippen molar-refractivity contribution >= 4 is 11.7 Å². The van der Waals surface area contributed by atoms with E-state index >= 15 is 0 Å². The molecule has 0 aliphatic rings. The van der Waals surface area contributed by atoms with Gasteiger partial charge < -0.3 is 10.6 Å². The maximum atomic E-state index is 12.4. The molecule has 2 N–H and O–H groups in total. The molecule has 0 atom stereocenters. The zero-order valence-corrected chi connectivity index (χ0v) is 16.7. The Morgan fingerprint density at radius 3 is 2.33 bits per heavy atom. The summed E-state index contributed by atoms with van der Waals surface area (Å²) in [5.74, 6) is 0. The van der Waals surface area contributed by atoms with Gasteiger partial charge in [0, 0.05) is 24.8 Å². The van der Waals surface area contributed by atoms with Crippen LogP contribution in [-0.4, -0.2) is 22.4 Å². The molecule has 4 aromatic rings. The lowest BCUT2D eigenvalue weighted by Gasteiger charge is -2.12. The molecule has 0 fully saturated rings. The number of anilines is 1. The lowest BCUT2D eigenvalue weighted by atomic mass is 10.0. The highest BCUT2D eigenvalue weighted by Crippen LogP contribution is 2.19. The number of para-hydroxylation sites is 2. The third kappa shape index (κ3) is 5.14. The van der Waals surface area contributed by atoms with E-state index in [0.717, 1.165) is 29.1 Å². The highest BCUT2D eigenvalue weighted by molar-refractivity contribution is 5.90. The van der Waals surface area contributed by atoms with Gasteiger partial charge >= 0.3 is 6.03 Å². The smallest absolute Gasteiger partial charge is 0.319 e. The topological polar surface area (TPSA) is 59.0 Å². The van der Waals surface area contributed by atoms with Crippen molar-refractivity contribution in [3.05, 3.63) is 114 Å². The number of rotatable bonds is 7. The van der Waals surface area contributed by atoms with Crippen LogP contribution in [0.15, 0.2) is 97.2 Å². The van der Waals surface area contributed by atoms with E-state index in [4.69, 9.17) is 0 Å². The predicted molar refractivity (Wildman–Crippen MR) is 120 cm³/mol. The molecule has 4 rings (SSSR count). The SMILES string of the molecule is O=C(NCCc1ccn(-c2ccccc2)n1)Nc1ccccc1Cc1ccccc1. The number of hydrogen-bond acceptors (Lipinski definition) is 2. The molecule has 2 amide bonds. The molecule has 1 aromatic heterocycles. The molecule has 3 aromatic carbocycles. The average Bonchev–Trinajstić information content (AvgIpc) is 3.25. The van der Waals surface area contributed by atoms with E-state index in [1.165, 1.54) is 5.56 Å². The van der Waals surface area contributed by atoms with Gasteiger partial charge in [-0.1, -0.05) is 66.7 Å². The Kier molecular flexibility index (Phi) is 6.20. The lowest BCUT2D eigenvalue weighted by Crippen LogP contribution is -2.30. The van der Waals surface area contributed by atoms with Crippen LogP contribution in [-0.2, 0) is 12.8 Å². The fourth-order valence-electron chi connectivity index (χ4n) is 3.30. The van der Waals surface area contributed by atoms with Gasteiger partial charge in [0.25, 0.3) is 0 Å². The van der Waals surface area contributed by atoms with E-state index in [0.29, 0.717) is 13.0 Å². The normalized spacial score (nSPS) is 10.5. The first-order valence-electron chi connectivity index (χ1n) is 10.0. The molecule has 0 saturated heterocycles. The van der Waals surface area contributed by atoms with Gasteiger partial charge in [-0.05, 0) is 41.8 Å². The minimum absolute atomic E-state index is 0.210. The fourth-order valence-corrected chi connectivity index (χ4v) is 3.30. The number of nitrogens with one attached hydrogen (secondary N) is 2. The van der Waals surface area contributed by atoms with Crippen LogP contribution >= 0.6 is 0 Å². The minimum atomic E-state index is -0.210. The lowest BCUT2D eigenvalue weighted by molar-refractivity contribution is 0.252. The van der Waals surface area contributed by atoms with Crippen molar-refractivity contribution in [1.82, 2.24) is 15.1 Å². The van der Waals surface area contributed by atoms with Crippen molar-refractivity contribution in [2.75, 3.05) is 11.9 Å². The summed E-state index contributed by atoms with van der Waals surface area (Å²) in [5, 5.41) is 10.5. The minimum Gasteiger partial charge on any atom is -0.337 e. The van der Waals surface area contributed by atoms with Crippen LogP contribution in [0, 0.1) is 0 Å². The maximum absolute atomic E-state index is 12.4. The van der Waals surface area contributed by atoms with Gasteiger partial charge in [0.1, 0.15) is 0 Å². The number of amides is 2. The van der Waals surface area contributed by atoms with Gasteiger partial charge in [-0.15, -0.1) is 0 Å². The van der Waals surface area contributed by atoms with Crippen LogP contribution in [0.4, 0.5) is 10.5 Å². The fraction of sp³-hybridized carbons (Fsp3) is 0.120. The second-order valence-electron chi connectivity index (χ2n) is 7.04. The second-order valence-corrected chi connectivity index (χ2v) is 7.04. The Labute approximate surface area is 176 Å². The molecule has 0 radical (unpaired) electrons. The van der Waals surface area contributed by atoms with Gasteiger partial charge in [-0.2, -0.15) is 5.10 Å². The predicted octanol–water partition coefficient (Wildman–Crippen LogP) is 4.83. The summed E-state index contributed by atoms with van der Waals surface area (Å²) in [6.07, 6.45) is 3.37. The van der Waals surface area contributed by atoms with Crippen LogP contribution in [0.1, 0.15) is 16.8 Å². The van der Waals surface area contributed by atoms with E-state index in [2.05, 4.69) is 27.9 Å². The zero-order chi connectivity index (χ0) is 20.6. The molecule has 150 valence electrons. The Balaban J connectivity index is 1.30. The molecule has 0 saturated carbocycles. The van der Waals surface area contributed by atoms with Gasteiger partial charge in [-0.3, -0.25) is 0 Å². The van der Waals surface area contributed by atoms with Crippen molar-refractivity contribution in [2.45, 2.75) is 12.8 Å².